The topological polar surface area (TPSA) is 229 Å². The van der Waals surface area contributed by atoms with Crippen molar-refractivity contribution in [2.45, 2.75) is 37.8 Å². The second-order valence-corrected chi connectivity index (χ2v) is 15.6. The number of fused-ring (bicyclic) bond motifs is 2. The van der Waals surface area contributed by atoms with Crippen LogP contribution in [0.15, 0.2) is 91.3 Å². The molecule has 0 saturated carbocycles. The van der Waals surface area contributed by atoms with Crippen LogP contribution in [-0.2, 0) is 33.3 Å². The van der Waals surface area contributed by atoms with Crippen molar-refractivity contribution in [3.05, 3.63) is 102 Å². The van der Waals surface area contributed by atoms with Crippen LogP contribution in [0.25, 0.3) is 22.3 Å². The number of carbonyl (C=O) groups is 5. The van der Waals surface area contributed by atoms with Gasteiger partial charge in [-0.2, -0.15) is 5.10 Å². The molecule has 2 unspecified atom stereocenters. The van der Waals surface area contributed by atoms with Crippen molar-refractivity contribution in [3.8, 4) is 28.5 Å². The molecule has 0 spiro atoms. The first kappa shape index (κ1) is 45.5. The van der Waals surface area contributed by atoms with Gasteiger partial charge in [-0.05, 0) is 67.8 Å². The number of nitrogens with one attached hydrogen (secondary N) is 1. The van der Waals surface area contributed by atoms with Gasteiger partial charge in [0.2, 0.25) is 17.7 Å². The lowest BCUT2D eigenvalue weighted by Crippen LogP contribution is -2.54. The van der Waals surface area contributed by atoms with E-state index in [0.29, 0.717) is 81.0 Å². The molecule has 2 atom stereocenters. The molecule has 344 valence electrons. The van der Waals surface area contributed by atoms with Gasteiger partial charge in [-0.3, -0.25) is 34.2 Å². The molecule has 2 aromatic heterocycles. The Morgan fingerprint density at radius 2 is 1.50 bits per heavy atom. The van der Waals surface area contributed by atoms with Gasteiger partial charge in [-0.15, -0.1) is 0 Å². The average Bonchev–Trinajstić information content (AvgIpc) is 3.85. The number of hydrogen-bond acceptors (Lipinski definition) is 15. The molecule has 3 aliphatic rings. The molecule has 66 heavy (non-hydrogen) atoms. The molecule has 8 rings (SSSR count). The number of likely N-dealkylation sites (tertiary alicyclic amines) is 1. The normalized spacial score (nSPS) is 17.5. The lowest BCUT2D eigenvalue weighted by Gasteiger charge is -2.32. The number of benzene rings is 3. The van der Waals surface area contributed by atoms with Crippen molar-refractivity contribution in [3.63, 3.8) is 0 Å². The number of amides is 5. The molecule has 5 amide bonds. The number of hydrogen-bond donors (Lipinski definition) is 2. The molecular formula is C47H50N8O11. The Morgan fingerprint density at radius 1 is 0.788 bits per heavy atom. The van der Waals surface area contributed by atoms with Crippen LogP contribution < -0.4 is 20.5 Å². The fourth-order valence-corrected chi connectivity index (χ4v) is 7.99. The second kappa shape index (κ2) is 21.7. The number of ether oxygens (including phenoxy) is 6. The van der Waals surface area contributed by atoms with Crippen LogP contribution in [0.3, 0.4) is 0 Å². The summed E-state index contributed by atoms with van der Waals surface area (Å²) in [6, 6.07) is 20.7. The SMILES string of the molecule is Nc1ncnc2c1c(-c1ccc(Oc3ccccc3)cc1)nn2C1CCCN(C(=O)/C=C/COCCOCCOCCOCCOc2cccc3c2C(=O)N(C2CCC(=O)NC2=O)C3=O)C1. The highest BCUT2D eigenvalue weighted by atomic mass is 16.6. The Bertz CT molecular complexity index is 2570. The van der Waals surface area contributed by atoms with Gasteiger partial charge in [-0.1, -0.05) is 30.3 Å². The molecule has 5 heterocycles. The zero-order chi connectivity index (χ0) is 45.8. The molecular weight excluding hydrogens is 853 g/mol. The van der Waals surface area contributed by atoms with E-state index in [1.165, 1.54) is 18.5 Å². The lowest BCUT2D eigenvalue weighted by molar-refractivity contribution is -0.136. The van der Waals surface area contributed by atoms with Crippen LogP contribution in [0.1, 0.15) is 52.4 Å². The van der Waals surface area contributed by atoms with E-state index in [0.717, 1.165) is 29.1 Å². The van der Waals surface area contributed by atoms with Crippen molar-refractivity contribution in [2.75, 3.05) is 78.3 Å². The molecule has 3 N–H and O–H groups in total. The summed E-state index contributed by atoms with van der Waals surface area (Å²) in [7, 11) is 0. The first-order valence-corrected chi connectivity index (χ1v) is 21.8. The van der Waals surface area contributed by atoms with Gasteiger partial charge in [0.05, 0.1) is 75.4 Å². The third-order valence-corrected chi connectivity index (χ3v) is 11.2. The maximum absolute atomic E-state index is 13.2. The van der Waals surface area contributed by atoms with Crippen molar-refractivity contribution in [2.24, 2.45) is 0 Å². The molecule has 5 aromatic rings. The summed E-state index contributed by atoms with van der Waals surface area (Å²) in [5, 5.41) is 7.84. The highest BCUT2D eigenvalue weighted by molar-refractivity contribution is 6.24. The summed E-state index contributed by atoms with van der Waals surface area (Å²) in [4.78, 5) is 74.8. The van der Waals surface area contributed by atoms with Crippen molar-refractivity contribution >= 4 is 46.4 Å². The third-order valence-electron chi connectivity index (χ3n) is 11.2. The Kier molecular flexibility index (Phi) is 15.0. The highest BCUT2D eigenvalue weighted by Gasteiger charge is 2.46. The van der Waals surface area contributed by atoms with Gasteiger partial charge in [0, 0.05) is 31.1 Å². The number of para-hydroxylation sites is 1. The lowest BCUT2D eigenvalue weighted by atomic mass is 10.0. The van der Waals surface area contributed by atoms with Crippen LogP contribution in [0.5, 0.6) is 17.2 Å². The first-order chi connectivity index (χ1) is 32.3. The number of carbonyl (C=O) groups excluding carboxylic acids is 5. The fraction of sp³-hybridized carbons (Fsp3) is 0.362. The minimum absolute atomic E-state index is 0.0391. The molecule has 3 aromatic carbocycles. The van der Waals surface area contributed by atoms with E-state index < -0.39 is 29.7 Å². The first-order valence-electron chi connectivity index (χ1n) is 21.8. The van der Waals surface area contributed by atoms with Crippen LogP contribution in [0.2, 0.25) is 0 Å². The van der Waals surface area contributed by atoms with Crippen molar-refractivity contribution < 1.29 is 52.4 Å². The predicted molar refractivity (Wildman–Crippen MR) is 238 cm³/mol. The monoisotopic (exact) mass is 902 g/mol. The van der Waals surface area contributed by atoms with Crippen molar-refractivity contribution in [1.82, 2.24) is 34.9 Å². The zero-order valence-corrected chi connectivity index (χ0v) is 36.2. The number of piperidine rings is 2. The van der Waals surface area contributed by atoms with Gasteiger partial charge >= 0.3 is 0 Å². The maximum atomic E-state index is 13.2. The number of anilines is 1. The van der Waals surface area contributed by atoms with E-state index in [4.69, 9.17) is 39.3 Å². The quantitative estimate of drug-likeness (QED) is 0.0599. The van der Waals surface area contributed by atoms with E-state index >= 15 is 0 Å². The van der Waals surface area contributed by atoms with Crippen LogP contribution in [0, 0.1) is 0 Å². The standard InChI is InChI=1S/C47H50N8O11/c48-43-41-42(31-13-15-34(16-14-31)66-33-8-2-1-3-9-33)52-55(44(41)50-30-49-43)32-7-5-19-53(29-32)39(57)12-6-20-61-21-22-62-23-24-63-25-26-64-27-28-65-37-11-4-10-35-40(37)47(60)54(46(35)59)36-17-18-38(56)51-45(36)58/h1-4,6,8-16,30,32,36H,5,7,17-29H2,(H2,48,49,50)(H,51,56,58)/b12-6+. The number of nitrogens with zero attached hydrogens (tertiary/aromatic N) is 6. The smallest absolute Gasteiger partial charge is 0.266 e. The number of nitrogen functional groups attached to an aromatic ring is 1. The largest absolute Gasteiger partial charge is 0.490 e. The van der Waals surface area contributed by atoms with E-state index in [9.17, 15) is 24.0 Å². The molecule has 2 saturated heterocycles. The van der Waals surface area contributed by atoms with E-state index in [1.807, 2.05) is 64.2 Å². The predicted octanol–water partition coefficient (Wildman–Crippen LogP) is 4.13. The van der Waals surface area contributed by atoms with Gasteiger partial charge in [0.25, 0.3) is 11.8 Å². The van der Waals surface area contributed by atoms with Crippen LogP contribution in [-0.4, -0.2) is 138 Å². The average molecular weight is 903 g/mol. The zero-order valence-electron chi connectivity index (χ0n) is 36.2. The third kappa shape index (κ3) is 10.7. The minimum Gasteiger partial charge on any atom is -0.490 e. The van der Waals surface area contributed by atoms with Gasteiger partial charge in [-0.25, -0.2) is 14.6 Å². The molecule has 0 aliphatic carbocycles. The summed E-state index contributed by atoms with van der Waals surface area (Å²) in [5.41, 5.74) is 8.73. The Morgan fingerprint density at radius 3 is 2.24 bits per heavy atom. The molecule has 3 aliphatic heterocycles. The molecule has 2 fully saturated rings. The van der Waals surface area contributed by atoms with E-state index in [2.05, 4.69) is 15.3 Å². The van der Waals surface area contributed by atoms with Gasteiger partial charge in [0.1, 0.15) is 47.7 Å². The Hall–Kier alpha value is -7.06. The summed E-state index contributed by atoms with van der Waals surface area (Å²) < 4.78 is 35.9. The summed E-state index contributed by atoms with van der Waals surface area (Å²) in [6.07, 6.45) is 6.40. The molecule has 19 nitrogen and oxygen atoms in total. The molecule has 19 heteroatoms. The van der Waals surface area contributed by atoms with Crippen LogP contribution >= 0.6 is 0 Å². The number of aromatic nitrogens is 4. The van der Waals surface area contributed by atoms with Crippen molar-refractivity contribution in [1.29, 1.82) is 0 Å². The molecule has 0 bridgehead atoms. The van der Waals surface area contributed by atoms with E-state index in [-0.39, 0.29) is 61.5 Å². The Labute approximate surface area is 379 Å². The summed E-state index contributed by atoms with van der Waals surface area (Å²) >= 11 is 0. The minimum atomic E-state index is -1.05. The Balaban J connectivity index is 0.687. The fourth-order valence-electron chi connectivity index (χ4n) is 7.99. The second-order valence-electron chi connectivity index (χ2n) is 15.6. The summed E-state index contributed by atoms with van der Waals surface area (Å²) in [5.74, 6) is -0.475. The van der Waals surface area contributed by atoms with Gasteiger partial charge < -0.3 is 39.1 Å². The number of nitrogens with two attached hydrogens (primary N) is 1. The van der Waals surface area contributed by atoms with Gasteiger partial charge in [0.15, 0.2) is 5.65 Å². The number of imide groups is 2. The highest BCUT2D eigenvalue weighted by Crippen LogP contribution is 2.36. The number of rotatable bonds is 21. The van der Waals surface area contributed by atoms with Crippen LogP contribution in [0.4, 0.5) is 5.82 Å². The molecule has 0 radical (unpaired) electrons. The maximum Gasteiger partial charge on any atom is 0.266 e. The summed E-state index contributed by atoms with van der Waals surface area (Å²) in [6.45, 7) is 3.71. The van der Waals surface area contributed by atoms with E-state index in [1.54, 1.807) is 18.2 Å².